The van der Waals surface area contributed by atoms with Gasteiger partial charge >= 0.3 is 0 Å². The molecular formula is C15H20N4O2. The van der Waals surface area contributed by atoms with Gasteiger partial charge < -0.3 is 14.4 Å². The minimum absolute atomic E-state index is 0.566. The highest BCUT2D eigenvalue weighted by atomic mass is 16.5. The molecule has 0 saturated heterocycles. The van der Waals surface area contributed by atoms with Gasteiger partial charge in [-0.05, 0) is 13.0 Å². The van der Waals surface area contributed by atoms with Gasteiger partial charge in [-0.1, -0.05) is 18.2 Å². The Labute approximate surface area is 124 Å². The lowest BCUT2D eigenvalue weighted by molar-refractivity contribution is 0.0938. The Morgan fingerprint density at radius 2 is 2.19 bits per heavy atom. The summed E-state index contributed by atoms with van der Waals surface area (Å²) in [6, 6.07) is 7.66. The molecule has 1 aliphatic heterocycles. The number of aliphatic hydroxyl groups excluding tert-OH is 1. The van der Waals surface area contributed by atoms with Gasteiger partial charge in [0, 0.05) is 25.2 Å². The van der Waals surface area contributed by atoms with Crippen LogP contribution in [0.4, 0.5) is 0 Å². The minimum atomic E-state index is -0.567. The molecule has 1 aliphatic rings. The van der Waals surface area contributed by atoms with Gasteiger partial charge in [-0.2, -0.15) is 0 Å². The number of fused-ring (bicyclic) bond motifs is 1. The van der Waals surface area contributed by atoms with E-state index in [1.54, 1.807) is 6.33 Å². The van der Waals surface area contributed by atoms with E-state index in [0.29, 0.717) is 19.7 Å². The van der Waals surface area contributed by atoms with Crippen molar-refractivity contribution in [2.75, 3.05) is 19.7 Å². The second-order valence-electron chi connectivity index (χ2n) is 5.16. The van der Waals surface area contributed by atoms with Crippen molar-refractivity contribution in [3.05, 3.63) is 42.0 Å². The van der Waals surface area contributed by atoms with Crippen LogP contribution in [0.25, 0.3) is 0 Å². The topological polar surface area (TPSA) is 63.4 Å². The van der Waals surface area contributed by atoms with E-state index in [9.17, 15) is 5.11 Å². The number of aliphatic hydroxyl groups is 1. The molecule has 2 heterocycles. The fourth-order valence-electron chi connectivity index (χ4n) is 2.66. The molecule has 3 rings (SSSR count). The number of hydrogen-bond acceptors (Lipinski definition) is 5. The van der Waals surface area contributed by atoms with Crippen LogP contribution in [0, 0.1) is 0 Å². The number of para-hydroxylation sites is 1. The Kier molecular flexibility index (Phi) is 4.17. The van der Waals surface area contributed by atoms with Crippen molar-refractivity contribution in [1.29, 1.82) is 0 Å². The third kappa shape index (κ3) is 3.06. The molecule has 0 fully saturated rings. The third-order valence-electron chi connectivity index (χ3n) is 3.73. The first kappa shape index (κ1) is 14.0. The van der Waals surface area contributed by atoms with E-state index in [4.69, 9.17) is 4.74 Å². The molecule has 1 N–H and O–H groups in total. The average Bonchev–Trinajstić information content (AvgIpc) is 2.95. The molecule has 1 unspecified atom stereocenters. The smallest absolute Gasteiger partial charge is 0.147 e. The molecule has 0 aliphatic carbocycles. The summed E-state index contributed by atoms with van der Waals surface area (Å²) < 4.78 is 7.64. The minimum Gasteiger partial charge on any atom is -0.493 e. The van der Waals surface area contributed by atoms with Gasteiger partial charge in [-0.3, -0.25) is 4.90 Å². The summed E-state index contributed by atoms with van der Waals surface area (Å²) >= 11 is 0. The maximum Gasteiger partial charge on any atom is 0.147 e. The Bertz CT molecular complexity index is 599. The van der Waals surface area contributed by atoms with Gasteiger partial charge in [0.1, 0.15) is 17.9 Å². The molecular weight excluding hydrogens is 268 g/mol. The highest BCUT2D eigenvalue weighted by Crippen LogP contribution is 2.26. The van der Waals surface area contributed by atoms with Crippen LogP contribution >= 0.6 is 0 Å². The SMILES string of the molecule is CCOc1ccccc1C(O)CN1CCn2cnnc2C1. The lowest BCUT2D eigenvalue weighted by atomic mass is 10.1. The summed E-state index contributed by atoms with van der Waals surface area (Å²) in [5.41, 5.74) is 0.839. The number of hydrogen-bond donors (Lipinski definition) is 1. The molecule has 0 amide bonds. The monoisotopic (exact) mass is 288 g/mol. The summed E-state index contributed by atoms with van der Waals surface area (Å²) in [5.74, 6) is 1.71. The first-order chi connectivity index (χ1) is 10.3. The lowest BCUT2D eigenvalue weighted by Crippen LogP contribution is -2.36. The quantitative estimate of drug-likeness (QED) is 0.896. The van der Waals surface area contributed by atoms with Gasteiger partial charge in [-0.25, -0.2) is 0 Å². The Morgan fingerprint density at radius 1 is 1.33 bits per heavy atom. The lowest BCUT2D eigenvalue weighted by Gasteiger charge is -2.29. The zero-order chi connectivity index (χ0) is 14.7. The number of aromatic nitrogens is 3. The number of ether oxygens (including phenoxy) is 1. The Hall–Kier alpha value is -1.92. The van der Waals surface area contributed by atoms with Crippen molar-refractivity contribution in [1.82, 2.24) is 19.7 Å². The van der Waals surface area contributed by atoms with E-state index < -0.39 is 6.10 Å². The highest BCUT2D eigenvalue weighted by molar-refractivity contribution is 5.35. The molecule has 0 saturated carbocycles. The third-order valence-corrected chi connectivity index (χ3v) is 3.73. The molecule has 1 atom stereocenters. The second-order valence-corrected chi connectivity index (χ2v) is 5.16. The van der Waals surface area contributed by atoms with Gasteiger partial charge in [0.05, 0.1) is 19.3 Å². The van der Waals surface area contributed by atoms with Crippen LogP contribution in [0.15, 0.2) is 30.6 Å². The van der Waals surface area contributed by atoms with Crippen molar-refractivity contribution in [3.63, 3.8) is 0 Å². The molecule has 0 spiro atoms. The molecule has 0 radical (unpaired) electrons. The predicted molar refractivity (Wildman–Crippen MR) is 77.9 cm³/mol. The molecule has 1 aromatic heterocycles. The molecule has 21 heavy (non-hydrogen) atoms. The summed E-state index contributed by atoms with van der Waals surface area (Å²) in [7, 11) is 0. The normalized spacial score (nSPS) is 16.5. The number of β-amino-alcohol motifs (C(OH)–C–C–N with tert-alkyl or cyclic N) is 1. The van der Waals surface area contributed by atoms with E-state index in [1.165, 1.54) is 0 Å². The Morgan fingerprint density at radius 3 is 3.05 bits per heavy atom. The van der Waals surface area contributed by atoms with E-state index >= 15 is 0 Å². The van der Waals surface area contributed by atoms with E-state index in [2.05, 4.69) is 19.7 Å². The van der Waals surface area contributed by atoms with Crippen molar-refractivity contribution in [2.45, 2.75) is 26.1 Å². The highest BCUT2D eigenvalue weighted by Gasteiger charge is 2.22. The number of rotatable bonds is 5. The van der Waals surface area contributed by atoms with Gasteiger partial charge in [0.2, 0.25) is 0 Å². The largest absolute Gasteiger partial charge is 0.493 e. The summed E-state index contributed by atoms with van der Waals surface area (Å²) in [6.07, 6.45) is 1.19. The van der Waals surface area contributed by atoms with Gasteiger partial charge in [0.25, 0.3) is 0 Å². The van der Waals surface area contributed by atoms with Crippen LogP contribution in [0.1, 0.15) is 24.4 Å². The predicted octanol–water partition coefficient (Wildman–Crippen LogP) is 1.23. The first-order valence-corrected chi connectivity index (χ1v) is 7.26. The fourth-order valence-corrected chi connectivity index (χ4v) is 2.66. The molecule has 6 nitrogen and oxygen atoms in total. The van der Waals surface area contributed by atoms with Crippen LogP contribution in [0.3, 0.4) is 0 Å². The molecule has 112 valence electrons. The van der Waals surface area contributed by atoms with Gasteiger partial charge in [0.15, 0.2) is 0 Å². The van der Waals surface area contributed by atoms with Crippen LogP contribution in [0.2, 0.25) is 0 Å². The first-order valence-electron chi connectivity index (χ1n) is 7.26. The number of benzene rings is 1. The van der Waals surface area contributed by atoms with Crippen LogP contribution in [-0.4, -0.2) is 44.5 Å². The maximum atomic E-state index is 10.5. The summed E-state index contributed by atoms with van der Waals surface area (Å²) in [6.45, 7) is 5.57. The maximum absolute atomic E-state index is 10.5. The van der Waals surface area contributed by atoms with Crippen LogP contribution in [0.5, 0.6) is 5.75 Å². The fraction of sp³-hybridized carbons (Fsp3) is 0.467. The standard InChI is InChI=1S/C15H20N4O2/c1-2-21-14-6-4-3-5-12(14)13(20)9-18-7-8-19-11-16-17-15(19)10-18/h3-6,11,13,20H,2,7-10H2,1H3. The van der Waals surface area contributed by atoms with Crippen LogP contribution in [-0.2, 0) is 13.1 Å². The van der Waals surface area contributed by atoms with E-state index in [1.807, 2.05) is 31.2 Å². The molecule has 2 aromatic rings. The zero-order valence-corrected chi connectivity index (χ0v) is 12.1. The molecule has 0 bridgehead atoms. The van der Waals surface area contributed by atoms with Crippen molar-refractivity contribution in [3.8, 4) is 5.75 Å². The van der Waals surface area contributed by atoms with E-state index in [0.717, 1.165) is 30.2 Å². The van der Waals surface area contributed by atoms with E-state index in [-0.39, 0.29) is 0 Å². The zero-order valence-electron chi connectivity index (χ0n) is 12.1. The average molecular weight is 288 g/mol. The van der Waals surface area contributed by atoms with Gasteiger partial charge in [-0.15, -0.1) is 10.2 Å². The second kappa shape index (κ2) is 6.24. The van der Waals surface area contributed by atoms with Crippen LogP contribution < -0.4 is 4.74 Å². The Balaban J connectivity index is 1.68. The summed E-state index contributed by atoms with van der Waals surface area (Å²) in [4.78, 5) is 2.19. The van der Waals surface area contributed by atoms with Crippen molar-refractivity contribution >= 4 is 0 Å². The molecule has 1 aromatic carbocycles. The number of nitrogens with zero attached hydrogens (tertiary/aromatic N) is 4. The van der Waals surface area contributed by atoms with Crippen molar-refractivity contribution in [2.24, 2.45) is 0 Å². The van der Waals surface area contributed by atoms with Crippen molar-refractivity contribution < 1.29 is 9.84 Å². The summed E-state index contributed by atoms with van der Waals surface area (Å²) in [5, 5.41) is 18.5. The molecule has 6 heteroatoms.